The van der Waals surface area contributed by atoms with Gasteiger partial charge in [-0.2, -0.15) is 0 Å². The summed E-state index contributed by atoms with van der Waals surface area (Å²) in [5.74, 6) is 0.173. The van der Waals surface area contributed by atoms with Crippen molar-refractivity contribution < 1.29 is 4.79 Å². The van der Waals surface area contributed by atoms with Crippen LogP contribution < -0.4 is 10.6 Å². The van der Waals surface area contributed by atoms with Crippen LogP contribution in [0, 0.1) is 5.41 Å². The van der Waals surface area contributed by atoms with E-state index in [1.807, 2.05) is 31.2 Å². The maximum atomic E-state index is 12.6. The zero-order valence-electron chi connectivity index (χ0n) is 12.2. The van der Waals surface area contributed by atoms with Crippen molar-refractivity contribution in [2.45, 2.75) is 39.2 Å². The van der Waals surface area contributed by atoms with Crippen LogP contribution in [0.1, 0.15) is 44.7 Å². The summed E-state index contributed by atoms with van der Waals surface area (Å²) in [7, 11) is 0. The minimum absolute atomic E-state index is 0.00842. The second kappa shape index (κ2) is 6.59. The van der Waals surface area contributed by atoms with E-state index in [1.54, 1.807) is 0 Å². The molecule has 0 aliphatic carbocycles. The number of benzene rings is 1. The average molecular weight is 295 g/mol. The van der Waals surface area contributed by atoms with Crippen LogP contribution in [0.5, 0.6) is 0 Å². The number of hydrogen-bond acceptors (Lipinski definition) is 2. The highest BCUT2D eigenvalue weighted by Crippen LogP contribution is 2.32. The molecule has 0 saturated carbocycles. The number of rotatable bonds is 5. The third-order valence-electron chi connectivity index (χ3n) is 4.17. The minimum atomic E-state index is -0.227. The Kier molecular flexibility index (Phi) is 5.06. The van der Waals surface area contributed by atoms with E-state index in [2.05, 4.69) is 17.6 Å². The molecular weight excluding hydrogens is 272 g/mol. The SMILES string of the molecule is CCCC1(C(=O)N[C@@H](C)c2ccc(Cl)cc2)CCNC1. The fourth-order valence-corrected chi connectivity index (χ4v) is 3.05. The fourth-order valence-electron chi connectivity index (χ4n) is 2.93. The molecule has 0 spiro atoms. The van der Waals surface area contributed by atoms with E-state index in [0.29, 0.717) is 0 Å². The molecule has 0 aromatic heterocycles. The average Bonchev–Trinajstić information content (AvgIpc) is 2.89. The molecule has 1 heterocycles. The van der Waals surface area contributed by atoms with Crippen LogP contribution in [-0.4, -0.2) is 19.0 Å². The summed E-state index contributed by atoms with van der Waals surface area (Å²) in [6.07, 6.45) is 2.91. The number of hydrogen-bond donors (Lipinski definition) is 2. The molecule has 0 bridgehead atoms. The summed E-state index contributed by atoms with van der Waals surface area (Å²) < 4.78 is 0. The van der Waals surface area contributed by atoms with Crippen molar-refractivity contribution in [2.75, 3.05) is 13.1 Å². The lowest BCUT2D eigenvalue weighted by molar-refractivity contribution is -0.131. The van der Waals surface area contributed by atoms with Crippen molar-refractivity contribution in [1.29, 1.82) is 0 Å². The molecule has 20 heavy (non-hydrogen) atoms. The predicted molar refractivity (Wildman–Crippen MR) is 82.8 cm³/mol. The van der Waals surface area contributed by atoms with Crippen molar-refractivity contribution in [2.24, 2.45) is 5.41 Å². The van der Waals surface area contributed by atoms with Crippen molar-refractivity contribution >= 4 is 17.5 Å². The van der Waals surface area contributed by atoms with Gasteiger partial charge in [0.05, 0.1) is 11.5 Å². The van der Waals surface area contributed by atoms with Crippen LogP contribution in [0.2, 0.25) is 5.02 Å². The van der Waals surface area contributed by atoms with E-state index in [1.165, 1.54) is 0 Å². The van der Waals surface area contributed by atoms with Crippen LogP contribution in [0.25, 0.3) is 0 Å². The lowest BCUT2D eigenvalue weighted by Gasteiger charge is -2.28. The number of carbonyl (C=O) groups excluding carboxylic acids is 1. The summed E-state index contributed by atoms with van der Waals surface area (Å²) in [5, 5.41) is 7.20. The van der Waals surface area contributed by atoms with Gasteiger partial charge in [0, 0.05) is 11.6 Å². The first-order valence-corrected chi connectivity index (χ1v) is 7.72. The van der Waals surface area contributed by atoms with Gasteiger partial charge in [-0.3, -0.25) is 4.79 Å². The highest BCUT2D eigenvalue weighted by atomic mass is 35.5. The molecule has 2 rings (SSSR count). The van der Waals surface area contributed by atoms with E-state index in [-0.39, 0.29) is 17.4 Å². The summed E-state index contributed by atoms with van der Waals surface area (Å²) in [6.45, 7) is 5.88. The van der Waals surface area contributed by atoms with E-state index >= 15 is 0 Å². The Hall–Kier alpha value is -1.06. The Labute approximate surface area is 126 Å². The van der Waals surface area contributed by atoms with E-state index in [9.17, 15) is 4.79 Å². The second-order valence-corrected chi connectivity index (χ2v) is 6.14. The highest BCUT2D eigenvalue weighted by molar-refractivity contribution is 6.30. The van der Waals surface area contributed by atoms with Crippen LogP contribution in [0.4, 0.5) is 0 Å². The number of amides is 1. The molecule has 1 aliphatic heterocycles. The third-order valence-corrected chi connectivity index (χ3v) is 4.42. The Balaban J connectivity index is 2.04. The number of carbonyl (C=O) groups is 1. The molecule has 2 atom stereocenters. The monoisotopic (exact) mass is 294 g/mol. The molecule has 2 N–H and O–H groups in total. The Bertz CT molecular complexity index is 452. The first kappa shape index (κ1) is 15.3. The van der Waals surface area contributed by atoms with Gasteiger partial charge in [0.25, 0.3) is 0 Å². The Morgan fingerprint density at radius 2 is 2.15 bits per heavy atom. The highest BCUT2D eigenvalue weighted by Gasteiger charge is 2.40. The second-order valence-electron chi connectivity index (χ2n) is 5.70. The molecule has 1 saturated heterocycles. The largest absolute Gasteiger partial charge is 0.349 e. The molecule has 1 aliphatic rings. The van der Waals surface area contributed by atoms with Gasteiger partial charge in [0.15, 0.2) is 0 Å². The van der Waals surface area contributed by atoms with Crippen LogP contribution in [-0.2, 0) is 4.79 Å². The molecule has 1 aromatic carbocycles. The van der Waals surface area contributed by atoms with Gasteiger partial charge in [-0.15, -0.1) is 0 Å². The molecule has 1 amide bonds. The fraction of sp³-hybridized carbons (Fsp3) is 0.562. The van der Waals surface area contributed by atoms with Gasteiger partial charge >= 0.3 is 0 Å². The molecule has 1 fully saturated rings. The lowest BCUT2D eigenvalue weighted by Crippen LogP contribution is -2.43. The topological polar surface area (TPSA) is 41.1 Å². The molecular formula is C16H23ClN2O. The van der Waals surface area contributed by atoms with Gasteiger partial charge in [-0.25, -0.2) is 0 Å². The maximum absolute atomic E-state index is 12.6. The summed E-state index contributed by atoms with van der Waals surface area (Å²) in [5.41, 5.74) is 0.857. The van der Waals surface area contributed by atoms with Gasteiger partial charge in [0.1, 0.15) is 0 Å². The van der Waals surface area contributed by atoms with Gasteiger partial charge in [-0.05, 0) is 44.0 Å². The molecule has 3 nitrogen and oxygen atoms in total. The van der Waals surface area contributed by atoms with Crippen LogP contribution in [0.3, 0.4) is 0 Å². The first-order chi connectivity index (χ1) is 9.57. The predicted octanol–water partition coefficient (Wildman–Crippen LogP) is 3.30. The van der Waals surface area contributed by atoms with E-state index in [0.717, 1.165) is 42.9 Å². The Morgan fingerprint density at radius 3 is 2.70 bits per heavy atom. The van der Waals surface area contributed by atoms with Crippen LogP contribution >= 0.6 is 11.6 Å². The summed E-state index contributed by atoms with van der Waals surface area (Å²) >= 11 is 5.89. The quantitative estimate of drug-likeness (QED) is 0.875. The lowest BCUT2D eigenvalue weighted by atomic mass is 9.81. The van der Waals surface area contributed by atoms with E-state index < -0.39 is 0 Å². The van der Waals surface area contributed by atoms with Gasteiger partial charge in [0.2, 0.25) is 5.91 Å². The minimum Gasteiger partial charge on any atom is -0.349 e. The van der Waals surface area contributed by atoms with Gasteiger partial charge in [-0.1, -0.05) is 37.1 Å². The van der Waals surface area contributed by atoms with E-state index in [4.69, 9.17) is 11.6 Å². The summed E-state index contributed by atoms with van der Waals surface area (Å²) in [6, 6.07) is 7.66. The smallest absolute Gasteiger partial charge is 0.228 e. The normalized spacial score (nSPS) is 23.6. The first-order valence-electron chi connectivity index (χ1n) is 7.34. The molecule has 1 aromatic rings. The van der Waals surface area contributed by atoms with Crippen molar-refractivity contribution in [3.05, 3.63) is 34.9 Å². The molecule has 0 radical (unpaired) electrons. The standard InChI is InChI=1S/C16H23ClN2O/c1-3-8-16(9-10-18-11-16)15(20)19-12(2)13-4-6-14(17)7-5-13/h4-7,12,18H,3,8-11H2,1-2H3,(H,19,20)/t12-,16?/m0/s1. The zero-order valence-corrected chi connectivity index (χ0v) is 13.0. The number of halogens is 1. The zero-order chi connectivity index (χ0) is 14.6. The van der Waals surface area contributed by atoms with Gasteiger partial charge < -0.3 is 10.6 Å². The maximum Gasteiger partial charge on any atom is 0.228 e. The van der Waals surface area contributed by atoms with Crippen molar-refractivity contribution in [3.8, 4) is 0 Å². The summed E-state index contributed by atoms with van der Waals surface area (Å²) in [4.78, 5) is 12.6. The number of nitrogens with one attached hydrogen (secondary N) is 2. The third kappa shape index (κ3) is 3.33. The van der Waals surface area contributed by atoms with Crippen LogP contribution in [0.15, 0.2) is 24.3 Å². The van der Waals surface area contributed by atoms with Crippen molar-refractivity contribution in [1.82, 2.24) is 10.6 Å². The van der Waals surface area contributed by atoms with Crippen molar-refractivity contribution in [3.63, 3.8) is 0 Å². The molecule has 110 valence electrons. The Morgan fingerprint density at radius 1 is 1.45 bits per heavy atom. The molecule has 4 heteroatoms. The molecule has 1 unspecified atom stereocenters.